The molecule has 1 fully saturated rings. The van der Waals surface area contributed by atoms with Crippen LogP contribution in [0, 0.1) is 11.6 Å². The van der Waals surface area contributed by atoms with E-state index in [1.807, 2.05) is 0 Å². The van der Waals surface area contributed by atoms with Crippen molar-refractivity contribution in [3.63, 3.8) is 0 Å². The Hall–Kier alpha value is -2.61. The van der Waals surface area contributed by atoms with Crippen LogP contribution in [-0.4, -0.2) is 58.4 Å². The molecule has 1 aliphatic rings. The van der Waals surface area contributed by atoms with E-state index in [-0.39, 0.29) is 11.9 Å². The van der Waals surface area contributed by atoms with E-state index in [1.165, 1.54) is 18.5 Å². The number of anilines is 2. The molecule has 6 nitrogen and oxygen atoms in total. The van der Waals surface area contributed by atoms with Gasteiger partial charge in [-0.25, -0.2) is 18.7 Å². The minimum Gasteiger partial charge on any atom is -0.336 e. The zero-order valence-electron chi connectivity index (χ0n) is 13.9. The maximum Gasteiger partial charge on any atom is 0.257 e. The van der Waals surface area contributed by atoms with Crippen LogP contribution in [0.4, 0.5) is 20.4 Å². The maximum absolute atomic E-state index is 13.2. The van der Waals surface area contributed by atoms with E-state index in [1.54, 1.807) is 4.90 Å². The van der Waals surface area contributed by atoms with Gasteiger partial charge in [-0.15, -0.1) is 0 Å². The van der Waals surface area contributed by atoms with E-state index in [9.17, 15) is 13.6 Å². The van der Waals surface area contributed by atoms with Crippen molar-refractivity contribution in [2.75, 3.05) is 38.0 Å². The number of hydrogen-bond acceptors (Lipinski definition) is 5. The Bertz CT molecular complexity index is 745. The summed E-state index contributed by atoms with van der Waals surface area (Å²) in [5.74, 6) is -1.77. The SMILES string of the molecule is CCN1CCN(C(=O)c2cnc(Nc3ccc(F)c(F)c3)nc2)CC1. The molecule has 0 bridgehead atoms. The topological polar surface area (TPSA) is 61.4 Å². The molecule has 0 spiro atoms. The first kappa shape index (κ1) is 17.2. The molecule has 8 heteroatoms. The van der Waals surface area contributed by atoms with Crippen molar-refractivity contribution in [1.82, 2.24) is 19.8 Å². The molecule has 132 valence electrons. The van der Waals surface area contributed by atoms with Gasteiger partial charge in [0, 0.05) is 50.3 Å². The van der Waals surface area contributed by atoms with Crippen LogP contribution in [0.5, 0.6) is 0 Å². The lowest BCUT2D eigenvalue weighted by Crippen LogP contribution is -2.48. The zero-order valence-corrected chi connectivity index (χ0v) is 13.9. The molecule has 25 heavy (non-hydrogen) atoms. The quantitative estimate of drug-likeness (QED) is 0.919. The Labute approximate surface area is 144 Å². The van der Waals surface area contributed by atoms with Crippen LogP contribution in [0.15, 0.2) is 30.6 Å². The minimum atomic E-state index is -0.956. The normalized spacial score (nSPS) is 15.2. The molecule has 0 radical (unpaired) electrons. The molecule has 1 N–H and O–H groups in total. The molecule has 0 saturated carbocycles. The van der Waals surface area contributed by atoms with Gasteiger partial charge in [0.1, 0.15) is 0 Å². The van der Waals surface area contributed by atoms with Crippen molar-refractivity contribution < 1.29 is 13.6 Å². The van der Waals surface area contributed by atoms with Gasteiger partial charge in [0.2, 0.25) is 5.95 Å². The molecule has 3 rings (SSSR count). The van der Waals surface area contributed by atoms with E-state index in [0.717, 1.165) is 31.8 Å². The average Bonchev–Trinajstić information content (AvgIpc) is 2.65. The van der Waals surface area contributed by atoms with Gasteiger partial charge < -0.3 is 15.1 Å². The molecular weight excluding hydrogens is 328 g/mol. The van der Waals surface area contributed by atoms with Gasteiger partial charge in [-0.1, -0.05) is 6.92 Å². The molecule has 0 atom stereocenters. The van der Waals surface area contributed by atoms with Crippen molar-refractivity contribution in [1.29, 1.82) is 0 Å². The Morgan fingerprint density at radius 2 is 1.80 bits per heavy atom. The van der Waals surface area contributed by atoms with Crippen LogP contribution in [0.2, 0.25) is 0 Å². The second-order valence-electron chi connectivity index (χ2n) is 5.78. The number of carbonyl (C=O) groups excluding carboxylic acids is 1. The number of likely N-dealkylation sites (N-methyl/N-ethyl adjacent to an activating group) is 1. The number of rotatable bonds is 4. The van der Waals surface area contributed by atoms with E-state index in [2.05, 4.69) is 27.1 Å². The zero-order chi connectivity index (χ0) is 17.8. The van der Waals surface area contributed by atoms with Crippen molar-refractivity contribution >= 4 is 17.5 Å². The molecular formula is C17H19F2N5O. The van der Waals surface area contributed by atoms with Crippen LogP contribution >= 0.6 is 0 Å². The van der Waals surface area contributed by atoms with E-state index in [0.29, 0.717) is 24.3 Å². The van der Waals surface area contributed by atoms with Gasteiger partial charge >= 0.3 is 0 Å². The van der Waals surface area contributed by atoms with Crippen molar-refractivity contribution in [2.45, 2.75) is 6.92 Å². The fraction of sp³-hybridized carbons (Fsp3) is 0.353. The second-order valence-corrected chi connectivity index (χ2v) is 5.78. The van der Waals surface area contributed by atoms with Crippen LogP contribution in [0.3, 0.4) is 0 Å². The molecule has 2 aromatic rings. The third-order valence-electron chi connectivity index (χ3n) is 4.18. The standard InChI is InChI=1S/C17H19F2N5O/c1-2-23-5-7-24(8-6-23)16(25)12-10-20-17(21-11-12)22-13-3-4-14(18)15(19)9-13/h3-4,9-11H,2,5-8H2,1H3,(H,20,21,22). The summed E-state index contributed by atoms with van der Waals surface area (Å²) in [6, 6.07) is 3.42. The summed E-state index contributed by atoms with van der Waals surface area (Å²) in [5.41, 5.74) is 0.731. The smallest absolute Gasteiger partial charge is 0.257 e. The lowest BCUT2D eigenvalue weighted by atomic mass is 10.2. The highest BCUT2D eigenvalue weighted by Crippen LogP contribution is 2.16. The number of nitrogens with zero attached hydrogens (tertiary/aromatic N) is 4. The summed E-state index contributed by atoms with van der Waals surface area (Å²) in [7, 11) is 0. The van der Waals surface area contributed by atoms with Gasteiger partial charge in [-0.05, 0) is 18.7 Å². The summed E-state index contributed by atoms with van der Waals surface area (Å²) in [6.07, 6.45) is 2.87. The number of carbonyl (C=O) groups is 1. The summed E-state index contributed by atoms with van der Waals surface area (Å²) in [6.45, 7) is 6.17. The highest BCUT2D eigenvalue weighted by atomic mass is 19.2. The van der Waals surface area contributed by atoms with Gasteiger partial charge in [0.25, 0.3) is 5.91 Å². The van der Waals surface area contributed by atoms with E-state index >= 15 is 0 Å². The van der Waals surface area contributed by atoms with E-state index < -0.39 is 11.6 Å². The maximum atomic E-state index is 13.2. The van der Waals surface area contributed by atoms with Crippen LogP contribution in [-0.2, 0) is 0 Å². The summed E-state index contributed by atoms with van der Waals surface area (Å²) < 4.78 is 26.1. The molecule has 1 aromatic heterocycles. The average molecular weight is 347 g/mol. The molecule has 1 amide bonds. The number of amides is 1. The first-order valence-corrected chi connectivity index (χ1v) is 8.12. The van der Waals surface area contributed by atoms with Gasteiger partial charge in [0.05, 0.1) is 5.56 Å². The molecule has 1 aromatic carbocycles. The van der Waals surface area contributed by atoms with Crippen molar-refractivity contribution in [3.8, 4) is 0 Å². The molecule has 1 aliphatic heterocycles. The van der Waals surface area contributed by atoms with Crippen LogP contribution in [0.1, 0.15) is 17.3 Å². The Kier molecular flexibility index (Phi) is 5.18. The van der Waals surface area contributed by atoms with Gasteiger partial charge in [-0.2, -0.15) is 0 Å². The fourth-order valence-electron chi connectivity index (χ4n) is 2.66. The monoisotopic (exact) mass is 347 g/mol. The van der Waals surface area contributed by atoms with Gasteiger partial charge in [0.15, 0.2) is 11.6 Å². The van der Waals surface area contributed by atoms with Crippen LogP contribution in [0.25, 0.3) is 0 Å². The number of benzene rings is 1. The van der Waals surface area contributed by atoms with E-state index in [4.69, 9.17) is 0 Å². The third-order valence-corrected chi connectivity index (χ3v) is 4.18. The predicted octanol–water partition coefficient (Wildman–Crippen LogP) is 2.28. The number of nitrogens with one attached hydrogen (secondary N) is 1. The number of piperazine rings is 1. The summed E-state index contributed by atoms with van der Waals surface area (Å²) in [4.78, 5) is 24.7. The number of aromatic nitrogens is 2. The first-order valence-electron chi connectivity index (χ1n) is 8.12. The lowest BCUT2D eigenvalue weighted by Gasteiger charge is -2.33. The second kappa shape index (κ2) is 7.52. The van der Waals surface area contributed by atoms with Crippen molar-refractivity contribution in [3.05, 3.63) is 47.8 Å². The summed E-state index contributed by atoms with van der Waals surface area (Å²) >= 11 is 0. The molecule has 1 saturated heterocycles. The van der Waals surface area contributed by atoms with Crippen LogP contribution < -0.4 is 5.32 Å². The molecule has 0 aliphatic carbocycles. The Morgan fingerprint density at radius 1 is 1.12 bits per heavy atom. The Morgan fingerprint density at radius 3 is 2.40 bits per heavy atom. The van der Waals surface area contributed by atoms with Gasteiger partial charge in [-0.3, -0.25) is 4.79 Å². The number of halogens is 2. The highest BCUT2D eigenvalue weighted by Gasteiger charge is 2.21. The third kappa shape index (κ3) is 4.08. The molecule has 0 unspecified atom stereocenters. The Balaban J connectivity index is 1.63. The first-order chi connectivity index (χ1) is 12.1. The van der Waals surface area contributed by atoms with Crippen molar-refractivity contribution in [2.24, 2.45) is 0 Å². The fourth-order valence-corrected chi connectivity index (χ4v) is 2.66. The molecule has 2 heterocycles. The predicted molar refractivity (Wildman–Crippen MR) is 89.7 cm³/mol. The minimum absolute atomic E-state index is 0.102. The summed E-state index contributed by atoms with van der Waals surface area (Å²) in [5, 5.41) is 2.77. The lowest BCUT2D eigenvalue weighted by molar-refractivity contribution is 0.0642. The highest BCUT2D eigenvalue weighted by molar-refractivity contribution is 5.93. The number of hydrogen-bond donors (Lipinski definition) is 1. The largest absolute Gasteiger partial charge is 0.336 e.